The topological polar surface area (TPSA) is 43.4 Å². The standard InChI is InChI=1S/C13H13BrN2O2/c1-17-10-6-9(7-11(8-10)18-2)15-13-5-3-4-12(14)16-13/h3-8H,1-2H3,(H,15,16). The van der Waals surface area contributed by atoms with E-state index in [1.165, 1.54) is 0 Å². The predicted molar refractivity (Wildman–Crippen MR) is 74.8 cm³/mol. The van der Waals surface area contributed by atoms with Gasteiger partial charge in [-0.25, -0.2) is 4.98 Å². The highest BCUT2D eigenvalue weighted by Gasteiger charge is 2.03. The van der Waals surface area contributed by atoms with Crippen LogP contribution < -0.4 is 14.8 Å². The Kier molecular flexibility index (Phi) is 4.04. The number of hydrogen-bond donors (Lipinski definition) is 1. The molecule has 1 aromatic carbocycles. The number of ether oxygens (including phenoxy) is 2. The highest BCUT2D eigenvalue weighted by molar-refractivity contribution is 9.10. The van der Waals surface area contributed by atoms with Gasteiger partial charge in [0.2, 0.25) is 0 Å². The lowest BCUT2D eigenvalue weighted by Crippen LogP contribution is -1.95. The van der Waals surface area contributed by atoms with Crippen LogP contribution in [0, 0.1) is 0 Å². The van der Waals surface area contributed by atoms with Crippen LogP contribution in [0.25, 0.3) is 0 Å². The fraction of sp³-hybridized carbons (Fsp3) is 0.154. The molecule has 0 aliphatic heterocycles. The van der Waals surface area contributed by atoms with E-state index in [4.69, 9.17) is 9.47 Å². The first-order chi connectivity index (χ1) is 8.71. The Labute approximate surface area is 114 Å². The van der Waals surface area contributed by atoms with Crippen LogP contribution in [0.5, 0.6) is 11.5 Å². The van der Waals surface area contributed by atoms with Crippen molar-refractivity contribution in [3.63, 3.8) is 0 Å². The maximum atomic E-state index is 5.21. The van der Waals surface area contributed by atoms with E-state index in [9.17, 15) is 0 Å². The third kappa shape index (κ3) is 3.13. The normalized spacial score (nSPS) is 9.94. The maximum Gasteiger partial charge on any atom is 0.131 e. The molecule has 0 aliphatic rings. The van der Waals surface area contributed by atoms with Crippen LogP contribution in [0.3, 0.4) is 0 Å². The smallest absolute Gasteiger partial charge is 0.131 e. The molecule has 0 unspecified atom stereocenters. The molecule has 0 saturated heterocycles. The molecule has 4 nitrogen and oxygen atoms in total. The lowest BCUT2D eigenvalue weighted by molar-refractivity contribution is 0.395. The van der Waals surface area contributed by atoms with Gasteiger partial charge in [0, 0.05) is 23.9 Å². The first-order valence-corrected chi connectivity index (χ1v) is 6.13. The zero-order chi connectivity index (χ0) is 13.0. The zero-order valence-electron chi connectivity index (χ0n) is 10.1. The largest absolute Gasteiger partial charge is 0.497 e. The molecule has 1 N–H and O–H groups in total. The molecule has 18 heavy (non-hydrogen) atoms. The SMILES string of the molecule is COc1cc(Nc2cccc(Br)n2)cc(OC)c1. The van der Waals surface area contributed by atoms with Gasteiger partial charge in [0.1, 0.15) is 21.9 Å². The summed E-state index contributed by atoms with van der Waals surface area (Å²) < 4.78 is 11.2. The number of halogens is 1. The van der Waals surface area contributed by atoms with Crippen molar-refractivity contribution in [2.75, 3.05) is 19.5 Å². The van der Waals surface area contributed by atoms with Gasteiger partial charge in [-0.1, -0.05) is 6.07 Å². The summed E-state index contributed by atoms with van der Waals surface area (Å²) in [4.78, 5) is 4.30. The highest BCUT2D eigenvalue weighted by atomic mass is 79.9. The van der Waals surface area contributed by atoms with E-state index in [0.29, 0.717) is 0 Å². The molecule has 5 heteroatoms. The average Bonchev–Trinajstić information content (AvgIpc) is 2.38. The summed E-state index contributed by atoms with van der Waals surface area (Å²) in [6.45, 7) is 0. The van der Waals surface area contributed by atoms with Gasteiger partial charge < -0.3 is 14.8 Å². The molecular weight excluding hydrogens is 296 g/mol. The Morgan fingerprint density at radius 3 is 2.28 bits per heavy atom. The molecule has 0 atom stereocenters. The third-order valence-corrected chi connectivity index (χ3v) is 2.78. The molecule has 2 rings (SSSR count). The van der Waals surface area contributed by atoms with Crippen LogP contribution in [0.2, 0.25) is 0 Å². The van der Waals surface area contributed by atoms with E-state index in [1.807, 2.05) is 36.4 Å². The fourth-order valence-corrected chi connectivity index (χ4v) is 1.85. The number of aromatic nitrogens is 1. The van der Waals surface area contributed by atoms with Gasteiger partial charge in [-0.3, -0.25) is 0 Å². The summed E-state index contributed by atoms with van der Waals surface area (Å²) in [5.41, 5.74) is 0.858. The Bertz CT molecular complexity index is 524. The van der Waals surface area contributed by atoms with Crippen LogP contribution in [0.15, 0.2) is 41.0 Å². The van der Waals surface area contributed by atoms with Crippen LogP contribution in [-0.2, 0) is 0 Å². The summed E-state index contributed by atoms with van der Waals surface area (Å²) >= 11 is 3.33. The molecule has 0 bridgehead atoms. The van der Waals surface area contributed by atoms with Crippen molar-refractivity contribution >= 4 is 27.4 Å². The van der Waals surface area contributed by atoms with E-state index >= 15 is 0 Å². The first kappa shape index (κ1) is 12.7. The summed E-state index contributed by atoms with van der Waals surface area (Å²) in [5, 5.41) is 3.19. The minimum absolute atomic E-state index is 0.729. The second kappa shape index (κ2) is 5.73. The summed E-state index contributed by atoms with van der Waals surface area (Å²) in [6, 6.07) is 11.3. The molecule has 0 saturated carbocycles. The third-order valence-electron chi connectivity index (χ3n) is 2.34. The van der Waals surface area contributed by atoms with Crippen LogP contribution in [-0.4, -0.2) is 19.2 Å². The van der Waals surface area contributed by atoms with Gasteiger partial charge >= 0.3 is 0 Å². The molecule has 2 aromatic rings. The van der Waals surface area contributed by atoms with E-state index in [0.717, 1.165) is 27.6 Å². The molecule has 94 valence electrons. The lowest BCUT2D eigenvalue weighted by atomic mass is 10.2. The van der Waals surface area contributed by atoms with E-state index in [2.05, 4.69) is 26.2 Å². The minimum atomic E-state index is 0.729. The number of anilines is 2. The number of nitrogens with zero attached hydrogens (tertiary/aromatic N) is 1. The number of hydrogen-bond acceptors (Lipinski definition) is 4. The Morgan fingerprint density at radius 2 is 1.72 bits per heavy atom. The monoisotopic (exact) mass is 308 g/mol. The molecule has 0 radical (unpaired) electrons. The fourth-order valence-electron chi connectivity index (χ4n) is 1.51. The molecule has 0 fully saturated rings. The summed E-state index contributed by atoms with van der Waals surface area (Å²) in [7, 11) is 3.24. The first-order valence-electron chi connectivity index (χ1n) is 5.34. The molecule has 1 aromatic heterocycles. The molecule has 0 spiro atoms. The van der Waals surface area contributed by atoms with Crippen molar-refractivity contribution < 1.29 is 9.47 Å². The van der Waals surface area contributed by atoms with Crippen molar-refractivity contribution in [1.82, 2.24) is 4.98 Å². The van der Waals surface area contributed by atoms with Gasteiger partial charge in [0.25, 0.3) is 0 Å². The van der Waals surface area contributed by atoms with E-state index in [-0.39, 0.29) is 0 Å². The molecule has 0 aliphatic carbocycles. The lowest BCUT2D eigenvalue weighted by Gasteiger charge is -2.10. The van der Waals surface area contributed by atoms with Crippen molar-refractivity contribution in [2.24, 2.45) is 0 Å². The van der Waals surface area contributed by atoms with Crippen LogP contribution in [0.1, 0.15) is 0 Å². The average molecular weight is 309 g/mol. The number of nitrogens with one attached hydrogen (secondary N) is 1. The zero-order valence-corrected chi connectivity index (χ0v) is 11.7. The molecule has 0 amide bonds. The van der Waals surface area contributed by atoms with Gasteiger partial charge in [0.05, 0.1) is 14.2 Å². The minimum Gasteiger partial charge on any atom is -0.497 e. The predicted octanol–water partition coefficient (Wildman–Crippen LogP) is 3.60. The van der Waals surface area contributed by atoms with Crippen molar-refractivity contribution in [3.8, 4) is 11.5 Å². The summed E-state index contributed by atoms with van der Waals surface area (Å²) in [6.07, 6.45) is 0. The van der Waals surface area contributed by atoms with Crippen molar-refractivity contribution in [2.45, 2.75) is 0 Å². The van der Waals surface area contributed by atoms with Gasteiger partial charge in [-0.15, -0.1) is 0 Å². The maximum absolute atomic E-state index is 5.21. The molecular formula is C13H13BrN2O2. The second-order valence-electron chi connectivity index (χ2n) is 3.57. The van der Waals surface area contributed by atoms with Crippen molar-refractivity contribution in [3.05, 3.63) is 41.0 Å². The number of benzene rings is 1. The number of pyridine rings is 1. The number of methoxy groups -OCH3 is 2. The quantitative estimate of drug-likeness (QED) is 0.876. The highest BCUT2D eigenvalue weighted by Crippen LogP contribution is 2.27. The Hall–Kier alpha value is -1.75. The van der Waals surface area contributed by atoms with E-state index in [1.54, 1.807) is 14.2 Å². The number of rotatable bonds is 4. The van der Waals surface area contributed by atoms with Crippen LogP contribution >= 0.6 is 15.9 Å². The Morgan fingerprint density at radius 1 is 1.06 bits per heavy atom. The van der Waals surface area contributed by atoms with Gasteiger partial charge in [-0.05, 0) is 28.1 Å². The molecule has 1 heterocycles. The van der Waals surface area contributed by atoms with E-state index < -0.39 is 0 Å². The van der Waals surface area contributed by atoms with Crippen molar-refractivity contribution in [1.29, 1.82) is 0 Å². The second-order valence-corrected chi connectivity index (χ2v) is 4.38. The Balaban J connectivity index is 2.28. The van der Waals surface area contributed by atoms with Crippen LogP contribution in [0.4, 0.5) is 11.5 Å². The summed E-state index contributed by atoms with van der Waals surface area (Å²) in [5.74, 6) is 2.21. The van der Waals surface area contributed by atoms with Gasteiger partial charge in [-0.2, -0.15) is 0 Å². The van der Waals surface area contributed by atoms with Gasteiger partial charge in [0.15, 0.2) is 0 Å².